The Hall–Kier alpha value is -2.92. The van der Waals surface area contributed by atoms with Crippen molar-refractivity contribution >= 4 is 10.0 Å². The monoisotopic (exact) mass is 497 g/mol. The zero-order valence-corrected chi connectivity index (χ0v) is 21.0. The summed E-state index contributed by atoms with van der Waals surface area (Å²) < 4.78 is 35.1. The van der Waals surface area contributed by atoms with Gasteiger partial charge >= 0.3 is 0 Å². The molecule has 3 atom stereocenters. The maximum Gasteiger partial charge on any atom is 0.247 e. The summed E-state index contributed by atoms with van der Waals surface area (Å²) in [6.45, 7) is 4.86. The average Bonchev–Trinajstić information content (AvgIpc) is 2.86. The van der Waals surface area contributed by atoms with Gasteiger partial charge in [0.15, 0.2) is 0 Å². The number of likely N-dealkylation sites (N-methyl/N-ethyl adjacent to an activating group) is 1. The van der Waals surface area contributed by atoms with Crippen molar-refractivity contribution in [2.45, 2.75) is 37.4 Å². The predicted octanol–water partition coefficient (Wildman–Crippen LogP) is 2.44. The van der Waals surface area contributed by atoms with Gasteiger partial charge in [-0.05, 0) is 49.4 Å². The van der Waals surface area contributed by atoms with Crippen LogP contribution in [-0.4, -0.2) is 76.6 Å². The minimum atomic E-state index is -3.88. The first-order valence-corrected chi connectivity index (χ1v) is 13.0. The van der Waals surface area contributed by atoms with Gasteiger partial charge in [0.05, 0.1) is 6.61 Å². The van der Waals surface area contributed by atoms with Gasteiger partial charge in [-0.1, -0.05) is 13.0 Å². The highest BCUT2D eigenvalue weighted by molar-refractivity contribution is 7.89. The molecule has 0 amide bonds. The molecule has 1 N–H and O–H groups in total. The van der Waals surface area contributed by atoms with Crippen LogP contribution in [0, 0.1) is 5.92 Å². The molecule has 0 saturated carbocycles. The Balaban J connectivity index is 1.72. The molecule has 1 aliphatic heterocycles. The Bertz CT molecular complexity index is 1230. The van der Waals surface area contributed by atoms with E-state index in [4.69, 9.17) is 4.74 Å². The molecule has 0 radical (unpaired) electrons. The Morgan fingerprint density at radius 2 is 1.86 bits per heavy atom. The largest absolute Gasteiger partial charge is 0.487 e. The molecule has 0 fully saturated rings. The van der Waals surface area contributed by atoms with Gasteiger partial charge in [0.2, 0.25) is 10.0 Å². The van der Waals surface area contributed by atoms with Gasteiger partial charge in [0, 0.05) is 61.9 Å². The first-order chi connectivity index (χ1) is 16.8. The number of nitrogens with zero attached hydrogens (tertiary/aromatic N) is 5. The molecule has 9 nitrogen and oxygen atoms in total. The minimum Gasteiger partial charge on any atom is -0.487 e. The summed E-state index contributed by atoms with van der Waals surface area (Å²) in [5.41, 5.74) is 2.73. The van der Waals surface area contributed by atoms with Gasteiger partial charge in [-0.3, -0.25) is 9.88 Å². The van der Waals surface area contributed by atoms with Gasteiger partial charge in [-0.2, -0.15) is 4.31 Å². The molecule has 3 aromatic rings. The second-order valence-electron chi connectivity index (χ2n) is 9.08. The number of hydrogen-bond acceptors (Lipinski definition) is 8. The van der Waals surface area contributed by atoms with E-state index in [0.29, 0.717) is 18.8 Å². The molecule has 0 unspecified atom stereocenters. The van der Waals surface area contributed by atoms with Crippen LogP contribution in [0.25, 0.3) is 11.1 Å². The third-order valence-corrected chi connectivity index (χ3v) is 8.26. The highest BCUT2D eigenvalue weighted by Crippen LogP contribution is 2.36. The zero-order chi connectivity index (χ0) is 25.0. The van der Waals surface area contributed by atoms with Crippen LogP contribution < -0.4 is 4.74 Å². The molecule has 10 heteroatoms. The molecule has 3 heterocycles. The van der Waals surface area contributed by atoms with E-state index >= 15 is 0 Å². The van der Waals surface area contributed by atoms with Crippen LogP contribution in [0.5, 0.6) is 5.75 Å². The third kappa shape index (κ3) is 5.67. The van der Waals surface area contributed by atoms with Crippen molar-refractivity contribution in [3.63, 3.8) is 0 Å². The summed E-state index contributed by atoms with van der Waals surface area (Å²) in [4.78, 5) is 14.4. The SMILES string of the molecule is C[C@H](CO)N1C[C@H](C)[C@@H](CN(C)Cc2cncnc2)Oc2cc(-c3ccncc3)ccc2S1(=O)=O. The maximum absolute atomic E-state index is 13.6. The van der Waals surface area contributed by atoms with E-state index in [1.165, 1.54) is 10.6 Å². The van der Waals surface area contributed by atoms with Crippen molar-refractivity contribution in [3.8, 4) is 16.9 Å². The van der Waals surface area contributed by atoms with Gasteiger partial charge in [0.25, 0.3) is 0 Å². The molecule has 4 rings (SSSR count). The number of hydrogen-bond donors (Lipinski definition) is 1. The molecule has 0 saturated heterocycles. The van der Waals surface area contributed by atoms with Gasteiger partial charge in [-0.15, -0.1) is 0 Å². The first kappa shape index (κ1) is 25.2. The Labute approximate surface area is 206 Å². The fraction of sp³-hybridized carbons (Fsp3) is 0.400. The molecular formula is C25H31N5O4S. The van der Waals surface area contributed by atoms with E-state index in [-0.39, 0.29) is 30.1 Å². The van der Waals surface area contributed by atoms with E-state index in [0.717, 1.165) is 16.7 Å². The molecular weight excluding hydrogens is 466 g/mol. The van der Waals surface area contributed by atoms with Crippen molar-refractivity contribution in [1.82, 2.24) is 24.2 Å². The summed E-state index contributed by atoms with van der Waals surface area (Å²) in [6, 6.07) is 8.33. The molecule has 2 aromatic heterocycles. The van der Waals surface area contributed by atoms with E-state index in [1.54, 1.807) is 49.9 Å². The van der Waals surface area contributed by atoms with Crippen LogP contribution in [-0.2, 0) is 16.6 Å². The van der Waals surface area contributed by atoms with Gasteiger partial charge in [-0.25, -0.2) is 18.4 Å². The summed E-state index contributed by atoms with van der Waals surface area (Å²) in [7, 11) is -1.89. The van der Waals surface area contributed by atoms with Crippen LogP contribution in [0.3, 0.4) is 0 Å². The lowest BCUT2D eigenvalue weighted by Crippen LogP contribution is -2.49. The summed E-state index contributed by atoms with van der Waals surface area (Å²) in [5, 5.41) is 9.82. The molecule has 0 bridgehead atoms. The fourth-order valence-corrected chi connectivity index (χ4v) is 6.09. The van der Waals surface area contributed by atoms with Gasteiger partial charge in [0.1, 0.15) is 23.1 Å². The standard InChI is InChI=1S/C25H31N5O4S/c1-18-13-30(19(2)16-31)35(32,33)25-5-4-22(21-6-8-26-9-7-21)10-23(25)34-24(18)15-29(3)14-20-11-27-17-28-12-20/h4-12,17-19,24,31H,13-16H2,1-3H3/t18-,19+,24+/m0/s1. The van der Waals surface area contributed by atoms with Crippen molar-refractivity contribution < 1.29 is 18.3 Å². The number of rotatable bonds is 7. The molecule has 186 valence electrons. The molecule has 0 aliphatic carbocycles. The van der Waals surface area contributed by atoms with Crippen LogP contribution in [0.15, 0.2) is 66.3 Å². The summed E-state index contributed by atoms with van der Waals surface area (Å²) in [5.74, 6) is 0.174. The van der Waals surface area contributed by atoms with E-state index in [9.17, 15) is 13.5 Å². The quantitative estimate of drug-likeness (QED) is 0.530. The van der Waals surface area contributed by atoms with Crippen molar-refractivity contribution in [3.05, 3.63) is 67.0 Å². The number of aromatic nitrogens is 3. The Morgan fingerprint density at radius 3 is 2.54 bits per heavy atom. The molecule has 0 spiro atoms. The predicted molar refractivity (Wildman–Crippen MR) is 132 cm³/mol. The average molecular weight is 498 g/mol. The lowest BCUT2D eigenvalue weighted by molar-refractivity contribution is 0.0733. The lowest BCUT2D eigenvalue weighted by Gasteiger charge is -2.37. The van der Waals surface area contributed by atoms with Crippen molar-refractivity contribution in [2.24, 2.45) is 5.92 Å². The van der Waals surface area contributed by atoms with Crippen molar-refractivity contribution in [1.29, 1.82) is 0 Å². The highest BCUT2D eigenvalue weighted by atomic mass is 32.2. The van der Waals surface area contributed by atoms with E-state index < -0.39 is 16.1 Å². The van der Waals surface area contributed by atoms with Crippen LogP contribution in [0.4, 0.5) is 0 Å². The number of sulfonamides is 1. The molecule has 1 aromatic carbocycles. The van der Waals surface area contributed by atoms with Crippen LogP contribution in [0.2, 0.25) is 0 Å². The van der Waals surface area contributed by atoms with E-state index in [1.807, 2.05) is 26.1 Å². The Kier molecular flexibility index (Phi) is 7.75. The fourth-order valence-electron chi connectivity index (χ4n) is 4.26. The normalized spacial score (nSPS) is 20.9. The smallest absolute Gasteiger partial charge is 0.247 e. The van der Waals surface area contributed by atoms with Crippen LogP contribution >= 0.6 is 0 Å². The second-order valence-corrected chi connectivity index (χ2v) is 10.9. The lowest BCUT2D eigenvalue weighted by atomic mass is 10.0. The topological polar surface area (TPSA) is 109 Å². The number of fused-ring (bicyclic) bond motifs is 1. The summed E-state index contributed by atoms with van der Waals surface area (Å²) in [6.07, 6.45) is 8.15. The Morgan fingerprint density at radius 1 is 1.14 bits per heavy atom. The number of aliphatic hydroxyl groups is 1. The number of pyridine rings is 1. The number of aliphatic hydroxyl groups excluding tert-OH is 1. The molecule has 1 aliphatic rings. The minimum absolute atomic E-state index is 0.103. The summed E-state index contributed by atoms with van der Waals surface area (Å²) >= 11 is 0. The van der Waals surface area contributed by atoms with E-state index in [2.05, 4.69) is 19.9 Å². The van der Waals surface area contributed by atoms with Gasteiger partial charge < -0.3 is 9.84 Å². The second kappa shape index (κ2) is 10.8. The van der Waals surface area contributed by atoms with Crippen molar-refractivity contribution in [2.75, 3.05) is 26.7 Å². The number of benzene rings is 1. The highest BCUT2D eigenvalue weighted by Gasteiger charge is 2.38. The number of ether oxygens (including phenoxy) is 1. The maximum atomic E-state index is 13.6. The third-order valence-electron chi connectivity index (χ3n) is 6.24. The first-order valence-electron chi connectivity index (χ1n) is 11.6. The van der Waals surface area contributed by atoms with Crippen LogP contribution in [0.1, 0.15) is 19.4 Å². The zero-order valence-electron chi connectivity index (χ0n) is 20.2. The molecule has 35 heavy (non-hydrogen) atoms.